The molecule has 0 radical (unpaired) electrons. The van der Waals surface area contributed by atoms with Gasteiger partial charge in [-0.1, -0.05) is 25.4 Å². The van der Waals surface area contributed by atoms with E-state index in [2.05, 4.69) is 10.3 Å². The van der Waals surface area contributed by atoms with E-state index in [1.807, 2.05) is 13.8 Å². The fourth-order valence-corrected chi connectivity index (χ4v) is 1.83. The van der Waals surface area contributed by atoms with Crippen molar-refractivity contribution in [2.45, 2.75) is 33.7 Å². The highest BCUT2D eigenvalue weighted by Crippen LogP contribution is 2.18. The van der Waals surface area contributed by atoms with Gasteiger partial charge in [-0.2, -0.15) is 5.10 Å². The summed E-state index contributed by atoms with van der Waals surface area (Å²) in [6.07, 6.45) is 0.867. The molecule has 0 aromatic carbocycles. The SMILES string of the molecule is CCC(C)Cn1nc(C(=O)O)c2c(C)onc2c1=O. The minimum Gasteiger partial charge on any atom is -0.476 e. The Balaban J connectivity index is 2.71. The number of fused-ring (bicyclic) bond motifs is 1. The molecule has 0 amide bonds. The molecule has 7 heteroatoms. The van der Waals surface area contributed by atoms with Crippen molar-refractivity contribution < 1.29 is 14.4 Å². The van der Waals surface area contributed by atoms with Gasteiger partial charge in [0.05, 0.1) is 5.39 Å². The van der Waals surface area contributed by atoms with Crippen LogP contribution < -0.4 is 5.56 Å². The van der Waals surface area contributed by atoms with Crippen molar-refractivity contribution in [2.24, 2.45) is 5.92 Å². The van der Waals surface area contributed by atoms with Crippen LogP contribution in [0.25, 0.3) is 10.9 Å². The molecule has 1 N–H and O–H groups in total. The van der Waals surface area contributed by atoms with Crippen LogP contribution in [0.4, 0.5) is 0 Å². The van der Waals surface area contributed by atoms with Gasteiger partial charge < -0.3 is 9.63 Å². The predicted molar refractivity (Wildman–Crippen MR) is 67.2 cm³/mol. The van der Waals surface area contributed by atoms with Gasteiger partial charge in [0.25, 0.3) is 5.56 Å². The van der Waals surface area contributed by atoms with Crippen LogP contribution in [0.15, 0.2) is 9.32 Å². The lowest BCUT2D eigenvalue weighted by molar-refractivity contribution is 0.0689. The summed E-state index contributed by atoms with van der Waals surface area (Å²) in [5.74, 6) is -0.695. The van der Waals surface area contributed by atoms with Crippen molar-refractivity contribution in [1.82, 2.24) is 14.9 Å². The Morgan fingerprint density at radius 2 is 2.21 bits per heavy atom. The number of carboxylic acids is 1. The van der Waals surface area contributed by atoms with E-state index in [4.69, 9.17) is 4.52 Å². The number of nitrogens with zero attached hydrogens (tertiary/aromatic N) is 3. The zero-order valence-electron chi connectivity index (χ0n) is 11.0. The van der Waals surface area contributed by atoms with E-state index in [0.29, 0.717) is 6.54 Å². The number of hydrogen-bond donors (Lipinski definition) is 1. The Morgan fingerprint density at radius 1 is 1.53 bits per heavy atom. The topological polar surface area (TPSA) is 98.2 Å². The standard InChI is InChI=1S/C12H15N3O4/c1-4-6(2)5-15-11(16)9-8(7(3)19-14-9)10(13-15)12(17)18/h6H,4-5H2,1-3H3,(H,17,18). The van der Waals surface area contributed by atoms with Crippen LogP contribution in [0.5, 0.6) is 0 Å². The third-order valence-corrected chi connectivity index (χ3v) is 3.14. The van der Waals surface area contributed by atoms with E-state index in [1.165, 1.54) is 0 Å². The van der Waals surface area contributed by atoms with Gasteiger partial charge in [-0.3, -0.25) is 4.79 Å². The maximum atomic E-state index is 12.2. The molecule has 102 valence electrons. The van der Waals surface area contributed by atoms with Crippen LogP contribution >= 0.6 is 0 Å². The van der Waals surface area contributed by atoms with E-state index < -0.39 is 11.5 Å². The quantitative estimate of drug-likeness (QED) is 0.898. The molecule has 1 atom stereocenters. The van der Waals surface area contributed by atoms with E-state index in [9.17, 15) is 14.7 Å². The van der Waals surface area contributed by atoms with Gasteiger partial charge in [0.2, 0.25) is 0 Å². The zero-order valence-corrected chi connectivity index (χ0v) is 11.0. The van der Waals surface area contributed by atoms with Crippen LogP contribution in [0, 0.1) is 12.8 Å². The average molecular weight is 265 g/mol. The molecule has 2 rings (SSSR count). The lowest BCUT2D eigenvalue weighted by Gasteiger charge is -2.10. The molecule has 0 aliphatic rings. The minimum absolute atomic E-state index is 0.0215. The lowest BCUT2D eigenvalue weighted by Crippen LogP contribution is -2.28. The van der Waals surface area contributed by atoms with Gasteiger partial charge in [-0.05, 0) is 12.8 Å². The normalized spacial score (nSPS) is 12.8. The summed E-state index contributed by atoms with van der Waals surface area (Å²) in [6.45, 7) is 5.87. The highest BCUT2D eigenvalue weighted by Gasteiger charge is 2.22. The number of carbonyl (C=O) groups is 1. The first-order valence-electron chi connectivity index (χ1n) is 6.06. The van der Waals surface area contributed by atoms with E-state index in [1.54, 1.807) is 6.92 Å². The van der Waals surface area contributed by atoms with Gasteiger partial charge in [-0.15, -0.1) is 0 Å². The van der Waals surface area contributed by atoms with Crippen LogP contribution in [-0.2, 0) is 6.54 Å². The first-order chi connectivity index (χ1) is 8.95. The molecule has 2 aromatic rings. The van der Waals surface area contributed by atoms with Gasteiger partial charge in [-0.25, -0.2) is 9.48 Å². The Kier molecular flexibility index (Phi) is 3.37. The molecule has 7 nitrogen and oxygen atoms in total. The molecule has 1 unspecified atom stereocenters. The maximum absolute atomic E-state index is 12.2. The predicted octanol–water partition coefficient (Wildman–Crippen LogP) is 1.44. The second kappa shape index (κ2) is 4.83. The van der Waals surface area contributed by atoms with Gasteiger partial charge in [0.15, 0.2) is 11.2 Å². The Labute approximate surface area is 108 Å². The molecule has 19 heavy (non-hydrogen) atoms. The molecule has 0 fully saturated rings. The molecule has 0 aliphatic heterocycles. The number of aromatic nitrogens is 3. The molecular formula is C12H15N3O4. The Morgan fingerprint density at radius 3 is 2.79 bits per heavy atom. The largest absolute Gasteiger partial charge is 0.476 e. The van der Waals surface area contributed by atoms with Crippen LogP contribution in [0.3, 0.4) is 0 Å². The van der Waals surface area contributed by atoms with Gasteiger partial charge in [0.1, 0.15) is 5.76 Å². The Hall–Kier alpha value is -2.18. The average Bonchev–Trinajstić information content (AvgIpc) is 2.75. The van der Waals surface area contributed by atoms with Crippen molar-refractivity contribution in [3.63, 3.8) is 0 Å². The van der Waals surface area contributed by atoms with Crippen LogP contribution in [-0.4, -0.2) is 26.0 Å². The summed E-state index contributed by atoms with van der Waals surface area (Å²) >= 11 is 0. The van der Waals surface area contributed by atoms with Gasteiger partial charge in [0, 0.05) is 6.54 Å². The summed E-state index contributed by atoms with van der Waals surface area (Å²) in [7, 11) is 0. The number of rotatable bonds is 4. The second-order valence-corrected chi connectivity index (χ2v) is 4.62. The Bertz CT molecular complexity index is 686. The lowest BCUT2D eigenvalue weighted by atomic mass is 10.1. The molecule has 0 saturated carbocycles. The van der Waals surface area contributed by atoms with E-state index in [-0.39, 0.29) is 28.3 Å². The van der Waals surface area contributed by atoms with Crippen molar-refractivity contribution in [3.8, 4) is 0 Å². The van der Waals surface area contributed by atoms with Crippen LogP contribution in [0.1, 0.15) is 36.5 Å². The highest BCUT2D eigenvalue weighted by atomic mass is 16.5. The summed E-state index contributed by atoms with van der Waals surface area (Å²) < 4.78 is 6.06. The summed E-state index contributed by atoms with van der Waals surface area (Å²) in [5, 5.41) is 16.9. The molecule has 0 saturated heterocycles. The third kappa shape index (κ3) is 2.23. The zero-order chi connectivity index (χ0) is 14.2. The van der Waals surface area contributed by atoms with Gasteiger partial charge >= 0.3 is 5.97 Å². The fraction of sp³-hybridized carbons (Fsp3) is 0.500. The summed E-state index contributed by atoms with van der Waals surface area (Å²) in [5.41, 5.74) is -0.595. The van der Waals surface area contributed by atoms with Crippen molar-refractivity contribution >= 4 is 16.9 Å². The number of carboxylic acid groups (broad SMARTS) is 1. The highest BCUT2D eigenvalue weighted by molar-refractivity contribution is 6.00. The van der Waals surface area contributed by atoms with E-state index >= 15 is 0 Å². The van der Waals surface area contributed by atoms with E-state index in [0.717, 1.165) is 11.1 Å². The number of aryl methyl sites for hydroxylation is 1. The van der Waals surface area contributed by atoms with Crippen molar-refractivity contribution in [2.75, 3.05) is 0 Å². The van der Waals surface area contributed by atoms with Crippen molar-refractivity contribution in [3.05, 3.63) is 21.8 Å². The second-order valence-electron chi connectivity index (χ2n) is 4.62. The number of aromatic carboxylic acids is 1. The first kappa shape index (κ1) is 13.3. The molecule has 0 spiro atoms. The third-order valence-electron chi connectivity index (χ3n) is 3.14. The smallest absolute Gasteiger partial charge is 0.357 e. The molecule has 2 heterocycles. The monoisotopic (exact) mass is 265 g/mol. The minimum atomic E-state index is -1.20. The molecule has 0 bridgehead atoms. The first-order valence-corrected chi connectivity index (χ1v) is 6.06. The molecule has 0 aliphatic carbocycles. The van der Waals surface area contributed by atoms with Crippen molar-refractivity contribution in [1.29, 1.82) is 0 Å². The summed E-state index contributed by atoms with van der Waals surface area (Å²) in [4.78, 5) is 23.4. The maximum Gasteiger partial charge on any atom is 0.357 e. The molecule has 2 aromatic heterocycles. The van der Waals surface area contributed by atoms with Crippen LogP contribution in [0.2, 0.25) is 0 Å². The molecular weight excluding hydrogens is 250 g/mol. The number of hydrogen-bond acceptors (Lipinski definition) is 5. The summed E-state index contributed by atoms with van der Waals surface area (Å²) in [6, 6.07) is 0. The fourth-order valence-electron chi connectivity index (χ4n) is 1.83.